The molecule has 0 fully saturated rings. The summed E-state index contributed by atoms with van der Waals surface area (Å²) in [6, 6.07) is 1.46. The van der Waals surface area contributed by atoms with E-state index in [1.807, 2.05) is 6.92 Å². The molecule has 0 radical (unpaired) electrons. The molecule has 2 amide bonds. The van der Waals surface area contributed by atoms with Crippen LogP contribution in [-0.4, -0.2) is 52.9 Å². The van der Waals surface area contributed by atoms with Crippen LogP contribution in [0.2, 0.25) is 0 Å². The van der Waals surface area contributed by atoms with Crippen molar-refractivity contribution in [2.24, 2.45) is 0 Å². The summed E-state index contributed by atoms with van der Waals surface area (Å²) in [4.78, 5) is 39.5. The van der Waals surface area contributed by atoms with E-state index in [1.165, 1.54) is 29.4 Å². The van der Waals surface area contributed by atoms with Crippen molar-refractivity contribution in [3.8, 4) is 0 Å². The minimum atomic E-state index is -1.12. The molecule has 1 heterocycles. The first-order chi connectivity index (χ1) is 9.95. The Balaban J connectivity index is 2.79. The van der Waals surface area contributed by atoms with Crippen LogP contribution in [0.15, 0.2) is 24.5 Å². The second-order valence-electron chi connectivity index (χ2n) is 4.23. The molecule has 0 aliphatic heterocycles. The van der Waals surface area contributed by atoms with Crippen molar-refractivity contribution >= 4 is 23.9 Å². The fraction of sp³-hybridized carbons (Fsp3) is 0.286. The first-order valence-corrected chi connectivity index (χ1v) is 6.33. The van der Waals surface area contributed by atoms with E-state index >= 15 is 0 Å². The minimum Gasteiger partial charge on any atom is -0.478 e. The molecule has 0 unspecified atom stereocenters. The molecule has 0 saturated carbocycles. The fourth-order valence-electron chi connectivity index (χ4n) is 1.47. The molecule has 7 heteroatoms. The van der Waals surface area contributed by atoms with Gasteiger partial charge in [0.1, 0.15) is 0 Å². The maximum Gasteiger partial charge on any atom is 0.328 e. The number of carbonyl (C=O) groups excluding carboxylic acids is 2. The molecular weight excluding hydrogens is 274 g/mol. The van der Waals surface area contributed by atoms with E-state index in [0.29, 0.717) is 12.1 Å². The van der Waals surface area contributed by atoms with Gasteiger partial charge in [0.2, 0.25) is 5.91 Å². The Morgan fingerprint density at radius 1 is 1.43 bits per heavy atom. The highest BCUT2D eigenvalue weighted by Gasteiger charge is 2.12. The van der Waals surface area contributed by atoms with Gasteiger partial charge in [-0.3, -0.25) is 14.6 Å². The van der Waals surface area contributed by atoms with Gasteiger partial charge in [-0.25, -0.2) is 4.79 Å². The highest BCUT2D eigenvalue weighted by Crippen LogP contribution is 2.09. The molecule has 21 heavy (non-hydrogen) atoms. The number of nitrogens with zero attached hydrogens (tertiary/aromatic N) is 2. The van der Waals surface area contributed by atoms with Crippen LogP contribution in [-0.2, 0) is 9.59 Å². The summed E-state index contributed by atoms with van der Waals surface area (Å²) in [7, 11) is 1.64. The number of amides is 2. The van der Waals surface area contributed by atoms with Gasteiger partial charge in [-0.15, -0.1) is 0 Å². The van der Waals surface area contributed by atoms with Gasteiger partial charge >= 0.3 is 5.97 Å². The van der Waals surface area contributed by atoms with Gasteiger partial charge in [-0.1, -0.05) is 0 Å². The van der Waals surface area contributed by atoms with E-state index in [-0.39, 0.29) is 18.0 Å². The van der Waals surface area contributed by atoms with Crippen molar-refractivity contribution in [2.75, 3.05) is 20.1 Å². The van der Waals surface area contributed by atoms with E-state index in [0.717, 1.165) is 6.08 Å². The van der Waals surface area contributed by atoms with E-state index in [9.17, 15) is 14.4 Å². The van der Waals surface area contributed by atoms with Crippen LogP contribution in [0.1, 0.15) is 22.8 Å². The SMILES string of the molecule is CCN(C)C(=O)CNC(=O)c1ccncc1/C=C/C(=O)O. The number of likely N-dealkylation sites (N-methyl/N-ethyl adjacent to an activating group) is 1. The number of nitrogens with one attached hydrogen (secondary N) is 1. The van der Waals surface area contributed by atoms with Crippen LogP contribution < -0.4 is 5.32 Å². The zero-order valence-corrected chi connectivity index (χ0v) is 11.9. The number of carboxylic acids is 1. The molecule has 1 aromatic rings. The molecule has 0 aliphatic carbocycles. The topological polar surface area (TPSA) is 99.6 Å². The molecular formula is C14H17N3O4. The summed E-state index contributed by atoms with van der Waals surface area (Å²) >= 11 is 0. The number of pyridine rings is 1. The number of rotatable bonds is 6. The molecule has 0 saturated heterocycles. The van der Waals surface area contributed by atoms with Crippen molar-refractivity contribution in [3.05, 3.63) is 35.7 Å². The summed E-state index contributed by atoms with van der Waals surface area (Å²) < 4.78 is 0. The zero-order valence-electron chi connectivity index (χ0n) is 11.9. The number of carboxylic acid groups (broad SMARTS) is 1. The number of hydrogen-bond acceptors (Lipinski definition) is 4. The van der Waals surface area contributed by atoms with E-state index in [1.54, 1.807) is 7.05 Å². The number of aliphatic carboxylic acids is 1. The Hall–Kier alpha value is -2.70. The predicted molar refractivity (Wildman–Crippen MR) is 76.6 cm³/mol. The summed E-state index contributed by atoms with van der Waals surface area (Å²) in [5, 5.41) is 11.1. The monoisotopic (exact) mass is 291 g/mol. The predicted octanol–water partition coefficient (Wildman–Crippen LogP) is 0.387. The molecule has 0 aromatic carbocycles. The lowest BCUT2D eigenvalue weighted by Gasteiger charge is -2.15. The first-order valence-electron chi connectivity index (χ1n) is 6.33. The van der Waals surface area contributed by atoms with Crippen molar-refractivity contribution < 1.29 is 19.5 Å². The van der Waals surface area contributed by atoms with Crippen LogP contribution in [0.4, 0.5) is 0 Å². The average Bonchev–Trinajstić information content (AvgIpc) is 2.49. The highest BCUT2D eigenvalue weighted by atomic mass is 16.4. The van der Waals surface area contributed by atoms with Crippen LogP contribution in [0.25, 0.3) is 6.08 Å². The molecule has 112 valence electrons. The Morgan fingerprint density at radius 2 is 2.14 bits per heavy atom. The van der Waals surface area contributed by atoms with Gasteiger partial charge in [-0.2, -0.15) is 0 Å². The van der Waals surface area contributed by atoms with Gasteiger partial charge in [-0.05, 0) is 19.1 Å². The standard InChI is InChI=1S/C14H17N3O4/c1-3-17(2)12(18)9-16-14(21)11-6-7-15-8-10(11)4-5-13(19)20/h4-8H,3,9H2,1-2H3,(H,16,21)(H,19,20)/b5-4+. The van der Waals surface area contributed by atoms with Crippen molar-refractivity contribution in [1.82, 2.24) is 15.2 Å². The molecule has 1 rings (SSSR count). The Labute approximate surface area is 122 Å². The Morgan fingerprint density at radius 3 is 2.76 bits per heavy atom. The van der Waals surface area contributed by atoms with Crippen molar-refractivity contribution in [1.29, 1.82) is 0 Å². The van der Waals surface area contributed by atoms with Gasteiger partial charge in [0.05, 0.1) is 6.54 Å². The second kappa shape index (κ2) is 7.78. The largest absolute Gasteiger partial charge is 0.478 e. The summed E-state index contributed by atoms with van der Waals surface area (Å²) in [5.74, 6) is -1.78. The van der Waals surface area contributed by atoms with Crippen LogP contribution >= 0.6 is 0 Å². The molecule has 0 aliphatic rings. The smallest absolute Gasteiger partial charge is 0.328 e. The van der Waals surface area contributed by atoms with Gasteiger partial charge in [0.25, 0.3) is 5.91 Å². The Bertz CT molecular complexity index is 569. The zero-order chi connectivity index (χ0) is 15.8. The summed E-state index contributed by atoms with van der Waals surface area (Å²) in [6.07, 6.45) is 5.01. The maximum absolute atomic E-state index is 12.0. The molecule has 0 spiro atoms. The lowest BCUT2D eigenvalue weighted by molar-refractivity contribution is -0.131. The molecule has 0 bridgehead atoms. The maximum atomic E-state index is 12.0. The molecule has 1 aromatic heterocycles. The van der Waals surface area contributed by atoms with Gasteiger partial charge in [0, 0.05) is 43.2 Å². The summed E-state index contributed by atoms with van der Waals surface area (Å²) in [6.45, 7) is 2.27. The van der Waals surface area contributed by atoms with E-state index in [4.69, 9.17) is 5.11 Å². The lowest BCUT2D eigenvalue weighted by atomic mass is 10.1. The van der Waals surface area contributed by atoms with Crippen molar-refractivity contribution in [2.45, 2.75) is 6.92 Å². The number of hydrogen-bond donors (Lipinski definition) is 2. The third-order valence-electron chi connectivity index (χ3n) is 2.80. The average molecular weight is 291 g/mol. The first kappa shape index (κ1) is 16.4. The minimum absolute atomic E-state index is 0.117. The lowest BCUT2D eigenvalue weighted by Crippen LogP contribution is -2.38. The van der Waals surface area contributed by atoms with Gasteiger partial charge in [0.15, 0.2) is 0 Å². The normalized spacial score (nSPS) is 10.4. The van der Waals surface area contributed by atoms with E-state index in [2.05, 4.69) is 10.3 Å². The quantitative estimate of drug-likeness (QED) is 0.738. The van der Waals surface area contributed by atoms with Crippen LogP contribution in [0.5, 0.6) is 0 Å². The molecule has 7 nitrogen and oxygen atoms in total. The summed E-state index contributed by atoms with van der Waals surface area (Å²) in [5.41, 5.74) is 0.628. The van der Waals surface area contributed by atoms with Crippen LogP contribution in [0, 0.1) is 0 Å². The number of aromatic nitrogens is 1. The Kier molecular flexibility index (Phi) is 6.06. The third kappa shape index (κ3) is 5.06. The molecule has 0 atom stereocenters. The highest BCUT2D eigenvalue weighted by molar-refractivity contribution is 6.00. The molecule has 2 N–H and O–H groups in total. The van der Waals surface area contributed by atoms with Crippen LogP contribution in [0.3, 0.4) is 0 Å². The number of carbonyl (C=O) groups is 3. The second-order valence-corrected chi connectivity index (χ2v) is 4.23. The fourth-order valence-corrected chi connectivity index (χ4v) is 1.47. The van der Waals surface area contributed by atoms with E-state index < -0.39 is 11.9 Å². The van der Waals surface area contributed by atoms with Crippen molar-refractivity contribution in [3.63, 3.8) is 0 Å². The third-order valence-corrected chi connectivity index (χ3v) is 2.80. The van der Waals surface area contributed by atoms with Gasteiger partial charge < -0.3 is 15.3 Å².